The number of rotatable bonds is 2. The van der Waals surface area contributed by atoms with E-state index in [2.05, 4.69) is 16.8 Å². The highest BCUT2D eigenvalue weighted by Gasteiger charge is 2.23. The van der Waals surface area contributed by atoms with E-state index < -0.39 is 0 Å². The lowest BCUT2D eigenvalue weighted by atomic mass is 10.2. The van der Waals surface area contributed by atoms with Crippen LogP contribution in [0, 0.1) is 0 Å². The molecule has 0 bridgehead atoms. The monoisotopic (exact) mass is 184 g/mol. The Balaban J connectivity index is 1.75. The highest BCUT2D eigenvalue weighted by Crippen LogP contribution is 2.16. The zero-order valence-corrected chi connectivity index (χ0v) is 8.54. The quantitative estimate of drug-likeness (QED) is 0.618. The maximum atomic E-state index is 5.34. The minimum absolute atomic E-state index is 0.804. The lowest BCUT2D eigenvalue weighted by molar-refractivity contribution is 0.0285. The average molecular weight is 184 g/mol. The van der Waals surface area contributed by atoms with E-state index in [0.29, 0.717) is 0 Å². The second kappa shape index (κ2) is 4.40. The van der Waals surface area contributed by atoms with Gasteiger partial charge in [0.1, 0.15) is 0 Å². The van der Waals surface area contributed by atoms with Crippen LogP contribution in [0.3, 0.4) is 0 Å². The van der Waals surface area contributed by atoms with Crippen molar-refractivity contribution >= 4 is 0 Å². The van der Waals surface area contributed by atoms with E-state index in [0.717, 1.165) is 32.3 Å². The van der Waals surface area contributed by atoms with Crippen LogP contribution in [-0.2, 0) is 4.74 Å². The standard InChI is InChI=1S/C10H20N2O/c1-11-4-2-3-10(11)9-12-5-7-13-8-6-12/h10H,2-9H2,1H3. The molecular formula is C10H20N2O. The van der Waals surface area contributed by atoms with Crippen molar-refractivity contribution in [1.29, 1.82) is 0 Å². The molecule has 13 heavy (non-hydrogen) atoms. The Bertz CT molecular complexity index is 157. The van der Waals surface area contributed by atoms with Gasteiger partial charge in [-0.1, -0.05) is 0 Å². The Morgan fingerprint density at radius 1 is 1.23 bits per heavy atom. The highest BCUT2D eigenvalue weighted by molar-refractivity contribution is 4.80. The first-order valence-electron chi connectivity index (χ1n) is 5.36. The molecule has 0 aromatic heterocycles. The van der Waals surface area contributed by atoms with Crippen LogP contribution in [-0.4, -0.2) is 62.3 Å². The van der Waals surface area contributed by atoms with Gasteiger partial charge in [-0.15, -0.1) is 0 Å². The van der Waals surface area contributed by atoms with Crippen LogP contribution in [0.5, 0.6) is 0 Å². The van der Waals surface area contributed by atoms with Crippen molar-refractivity contribution in [2.75, 3.05) is 46.4 Å². The summed E-state index contributed by atoms with van der Waals surface area (Å²) in [5.74, 6) is 0. The Morgan fingerprint density at radius 3 is 2.62 bits per heavy atom. The molecule has 1 atom stereocenters. The molecule has 2 aliphatic rings. The second-order valence-electron chi connectivity index (χ2n) is 4.19. The van der Waals surface area contributed by atoms with Gasteiger partial charge < -0.3 is 9.64 Å². The third kappa shape index (κ3) is 2.42. The minimum Gasteiger partial charge on any atom is -0.379 e. The van der Waals surface area contributed by atoms with Gasteiger partial charge in [0, 0.05) is 25.7 Å². The number of ether oxygens (including phenoxy) is 1. The summed E-state index contributed by atoms with van der Waals surface area (Å²) in [6.45, 7) is 6.65. The topological polar surface area (TPSA) is 15.7 Å². The summed E-state index contributed by atoms with van der Waals surface area (Å²) in [5.41, 5.74) is 0. The molecule has 0 radical (unpaired) electrons. The molecule has 3 heteroatoms. The minimum atomic E-state index is 0.804. The fourth-order valence-corrected chi connectivity index (χ4v) is 2.29. The predicted octanol–water partition coefficient (Wildman–Crippen LogP) is 0.413. The van der Waals surface area contributed by atoms with Crippen LogP contribution in [0.15, 0.2) is 0 Å². The first-order valence-corrected chi connectivity index (χ1v) is 5.36. The summed E-state index contributed by atoms with van der Waals surface area (Å²) < 4.78 is 5.34. The molecule has 2 fully saturated rings. The van der Waals surface area contributed by atoms with E-state index in [1.54, 1.807) is 0 Å². The predicted molar refractivity (Wildman–Crippen MR) is 52.9 cm³/mol. The third-order valence-corrected chi connectivity index (χ3v) is 3.24. The molecule has 0 aliphatic carbocycles. The molecule has 0 aromatic rings. The zero-order valence-electron chi connectivity index (χ0n) is 8.54. The van der Waals surface area contributed by atoms with E-state index in [9.17, 15) is 0 Å². The molecule has 2 rings (SSSR count). The molecule has 0 N–H and O–H groups in total. The molecule has 2 saturated heterocycles. The van der Waals surface area contributed by atoms with Crippen molar-refractivity contribution in [2.24, 2.45) is 0 Å². The highest BCUT2D eigenvalue weighted by atomic mass is 16.5. The SMILES string of the molecule is CN1CCCC1CN1CCOCC1. The van der Waals surface area contributed by atoms with E-state index in [1.807, 2.05) is 0 Å². The van der Waals surface area contributed by atoms with Gasteiger partial charge in [-0.05, 0) is 26.4 Å². The van der Waals surface area contributed by atoms with Crippen molar-refractivity contribution in [3.63, 3.8) is 0 Å². The number of likely N-dealkylation sites (tertiary alicyclic amines) is 1. The molecule has 2 heterocycles. The van der Waals surface area contributed by atoms with Crippen molar-refractivity contribution in [3.8, 4) is 0 Å². The Morgan fingerprint density at radius 2 is 2.00 bits per heavy atom. The van der Waals surface area contributed by atoms with Crippen LogP contribution >= 0.6 is 0 Å². The fraction of sp³-hybridized carbons (Fsp3) is 1.00. The van der Waals surface area contributed by atoms with E-state index in [1.165, 1.54) is 25.9 Å². The second-order valence-corrected chi connectivity index (χ2v) is 4.19. The van der Waals surface area contributed by atoms with Gasteiger partial charge in [-0.25, -0.2) is 0 Å². The summed E-state index contributed by atoms with van der Waals surface area (Å²) in [7, 11) is 2.25. The van der Waals surface area contributed by atoms with E-state index in [-0.39, 0.29) is 0 Å². The molecule has 3 nitrogen and oxygen atoms in total. The largest absolute Gasteiger partial charge is 0.379 e. The Kier molecular flexibility index (Phi) is 3.19. The maximum Gasteiger partial charge on any atom is 0.0594 e. The van der Waals surface area contributed by atoms with Crippen LogP contribution < -0.4 is 0 Å². The summed E-state index contributed by atoms with van der Waals surface area (Å²) in [4.78, 5) is 5.03. The molecule has 0 aromatic carbocycles. The zero-order chi connectivity index (χ0) is 9.10. The van der Waals surface area contributed by atoms with E-state index >= 15 is 0 Å². The van der Waals surface area contributed by atoms with Crippen LogP contribution in [0.2, 0.25) is 0 Å². The maximum absolute atomic E-state index is 5.34. The number of hydrogen-bond donors (Lipinski definition) is 0. The first kappa shape index (κ1) is 9.44. The van der Waals surface area contributed by atoms with Crippen LogP contribution in [0.1, 0.15) is 12.8 Å². The molecule has 76 valence electrons. The van der Waals surface area contributed by atoms with Crippen molar-refractivity contribution < 1.29 is 4.74 Å². The van der Waals surface area contributed by atoms with Gasteiger partial charge in [-0.2, -0.15) is 0 Å². The van der Waals surface area contributed by atoms with Crippen molar-refractivity contribution in [3.05, 3.63) is 0 Å². The summed E-state index contributed by atoms with van der Waals surface area (Å²) >= 11 is 0. The van der Waals surface area contributed by atoms with Gasteiger partial charge >= 0.3 is 0 Å². The van der Waals surface area contributed by atoms with Crippen molar-refractivity contribution in [1.82, 2.24) is 9.80 Å². The summed E-state index contributed by atoms with van der Waals surface area (Å²) in [6.07, 6.45) is 2.76. The van der Waals surface area contributed by atoms with Gasteiger partial charge in [-0.3, -0.25) is 4.90 Å². The molecule has 1 unspecified atom stereocenters. The van der Waals surface area contributed by atoms with Gasteiger partial charge in [0.2, 0.25) is 0 Å². The molecule has 0 spiro atoms. The van der Waals surface area contributed by atoms with Gasteiger partial charge in [0.15, 0.2) is 0 Å². The molecular weight excluding hydrogens is 164 g/mol. The fourth-order valence-electron chi connectivity index (χ4n) is 2.29. The van der Waals surface area contributed by atoms with Gasteiger partial charge in [0.05, 0.1) is 13.2 Å². The average Bonchev–Trinajstić information content (AvgIpc) is 2.54. The lowest BCUT2D eigenvalue weighted by Crippen LogP contribution is -2.44. The normalized spacial score (nSPS) is 32.5. The molecule has 2 aliphatic heterocycles. The number of likely N-dealkylation sites (N-methyl/N-ethyl adjacent to an activating group) is 1. The Labute approximate surface area is 80.6 Å². The van der Waals surface area contributed by atoms with E-state index in [4.69, 9.17) is 4.74 Å². The Hall–Kier alpha value is -0.120. The third-order valence-electron chi connectivity index (χ3n) is 3.24. The summed E-state index contributed by atoms with van der Waals surface area (Å²) in [6, 6.07) is 0.804. The molecule has 0 saturated carbocycles. The number of nitrogens with zero attached hydrogens (tertiary/aromatic N) is 2. The number of morpholine rings is 1. The van der Waals surface area contributed by atoms with Crippen LogP contribution in [0.25, 0.3) is 0 Å². The van der Waals surface area contributed by atoms with Crippen LogP contribution in [0.4, 0.5) is 0 Å². The number of hydrogen-bond acceptors (Lipinski definition) is 3. The molecule has 0 amide bonds. The smallest absolute Gasteiger partial charge is 0.0594 e. The summed E-state index contributed by atoms with van der Waals surface area (Å²) in [5, 5.41) is 0. The lowest BCUT2D eigenvalue weighted by Gasteiger charge is -2.31. The van der Waals surface area contributed by atoms with Crippen molar-refractivity contribution in [2.45, 2.75) is 18.9 Å². The van der Waals surface area contributed by atoms with Gasteiger partial charge in [0.25, 0.3) is 0 Å². The first-order chi connectivity index (χ1) is 6.36.